The molecular weight excluding hydrogens is 319 g/mol. The zero-order chi connectivity index (χ0) is 17.4. The maximum absolute atomic E-state index is 13.4. The van der Waals surface area contributed by atoms with Crippen LogP contribution in [0.2, 0.25) is 0 Å². The Kier molecular flexibility index (Phi) is 3.95. The Morgan fingerprint density at radius 2 is 2.28 bits per heavy atom. The molecule has 1 fully saturated rings. The molecule has 25 heavy (non-hydrogen) atoms. The molecule has 3 heterocycles. The number of fused-ring (bicyclic) bond motifs is 1. The molecule has 5 nitrogen and oxygen atoms in total. The van der Waals surface area contributed by atoms with E-state index in [0.29, 0.717) is 17.6 Å². The molecule has 1 aliphatic rings. The van der Waals surface area contributed by atoms with Crippen LogP contribution in [0.5, 0.6) is 0 Å². The van der Waals surface area contributed by atoms with Crippen molar-refractivity contribution in [2.24, 2.45) is 0 Å². The number of carbonyl (C=O) groups excluding carboxylic acids is 1. The quantitative estimate of drug-likeness (QED) is 0.797. The summed E-state index contributed by atoms with van der Waals surface area (Å²) in [5.74, 6) is -0.257. The highest BCUT2D eigenvalue weighted by Crippen LogP contribution is 2.24. The van der Waals surface area contributed by atoms with E-state index in [4.69, 9.17) is 0 Å². The molecule has 0 bridgehead atoms. The predicted octanol–water partition coefficient (Wildman–Crippen LogP) is 3.25. The van der Waals surface area contributed by atoms with Crippen molar-refractivity contribution in [1.82, 2.24) is 20.1 Å². The van der Waals surface area contributed by atoms with E-state index in [1.165, 1.54) is 6.07 Å². The monoisotopic (exact) mass is 338 g/mol. The van der Waals surface area contributed by atoms with Gasteiger partial charge in [0.15, 0.2) is 5.65 Å². The van der Waals surface area contributed by atoms with Crippen molar-refractivity contribution in [3.05, 3.63) is 59.2 Å². The molecule has 1 amide bonds. The molecule has 1 saturated heterocycles. The number of benzene rings is 1. The number of carbonyl (C=O) groups is 1. The van der Waals surface area contributed by atoms with Crippen LogP contribution in [-0.4, -0.2) is 38.6 Å². The molecule has 0 aliphatic carbocycles. The van der Waals surface area contributed by atoms with E-state index in [0.717, 1.165) is 36.0 Å². The van der Waals surface area contributed by atoms with Gasteiger partial charge >= 0.3 is 0 Å². The van der Waals surface area contributed by atoms with Gasteiger partial charge in [-0.15, -0.1) is 0 Å². The highest BCUT2D eigenvalue weighted by Gasteiger charge is 2.30. The molecule has 1 atom stereocenters. The third-order valence-electron chi connectivity index (χ3n) is 4.85. The molecule has 0 unspecified atom stereocenters. The lowest BCUT2D eigenvalue weighted by Crippen LogP contribution is -2.36. The SMILES string of the molecule is Cc1[nH]nc2ncc(C(=O)N3CCC[C@@H]3Cc3cccc(F)c3)cc12. The van der Waals surface area contributed by atoms with Crippen LogP contribution in [0.15, 0.2) is 36.5 Å². The fraction of sp³-hybridized carbons (Fsp3) is 0.316. The van der Waals surface area contributed by atoms with E-state index in [1.54, 1.807) is 18.3 Å². The van der Waals surface area contributed by atoms with Crippen LogP contribution in [0.3, 0.4) is 0 Å². The van der Waals surface area contributed by atoms with Crippen molar-refractivity contribution >= 4 is 16.9 Å². The lowest BCUT2D eigenvalue weighted by atomic mass is 10.0. The highest BCUT2D eigenvalue weighted by atomic mass is 19.1. The standard InChI is InChI=1S/C19H19FN4O/c1-12-17-10-14(11-21-18(17)23-22-12)19(25)24-7-3-6-16(24)9-13-4-2-5-15(20)8-13/h2,4-5,8,10-11,16H,3,6-7,9H2,1H3,(H,21,22,23)/t16-/m1/s1. The second-order valence-electron chi connectivity index (χ2n) is 6.57. The van der Waals surface area contributed by atoms with Gasteiger partial charge < -0.3 is 4.90 Å². The molecule has 1 aliphatic heterocycles. The van der Waals surface area contributed by atoms with Crippen molar-refractivity contribution < 1.29 is 9.18 Å². The maximum atomic E-state index is 13.4. The van der Waals surface area contributed by atoms with Gasteiger partial charge in [0.25, 0.3) is 5.91 Å². The summed E-state index contributed by atoms with van der Waals surface area (Å²) in [4.78, 5) is 19.1. The first kappa shape index (κ1) is 15.7. The van der Waals surface area contributed by atoms with E-state index < -0.39 is 0 Å². The van der Waals surface area contributed by atoms with Crippen molar-refractivity contribution in [3.8, 4) is 0 Å². The Hall–Kier alpha value is -2.76. The van der Waals surface area contributed by atoms with Gasteiger partial charge in [0.1, 0.15) is 5.82 Å². The molecule has 0 spiro atoms. The molecule has 4 rings (SSSR count). The van der Waals surface area contributed by atoms with Crippen molar-refractivity contribution in [2.45, 2.75) is 32.2 Å². The van der Waals surface area contributed by atoms with Crippen LogP contribution in [0.25, 0.3) is 11.0 Å². The average molecular weight is 338 g/mol. The molecule has 6 heteroatoms. The second-order valence-corrected chi connectivity index (χ2v) is 6.57. The Morgan fingerprint density at radius 1 is 1.40 bits per heavy atom. The molecule has 0 radical (unpaired) electrons. The summed E-state index contributed by atoms with van der Waals surface area (Å²) in [6.07, 6.45) is 4.15. The molecule has 2 aromatic heterocycles. The number of rotatable bonds is 3. The topological polar surface area (TPSA) is 61.9 Å². The number of halogens is 1. The zero-order valence-corrected chi connectivity index (χ0v) is 14.0. The first-order valence-electron chi connectivity index (χ1n) is 8.48. The summed E-state index contributed by atoms with van der Waals surface area (Å²) >= 11 is 0. The Balaban J connectivity index is 1.58. The fourth-order valence-electron chi connectivity index (χ4n) is 3.55. The van der Waals surface area contributed by atoms with Crippen LogP contribution in [0.1, 0.15) is 34.5 Å². The van der Waals surface area contributed by atoms with E-state index in [-0.39, 0.29) is 17.8 Å². The van der Waals surface area contributed by atoms with Gasteiger partial charge in [-0.1, -0.05) is 12.1 Å². The number of hydrogen-bond acceptors (Lipinski definition) is 3. The van der Waals surface area contributed by atoms with Gasteiger partial charge in [-0.2, -0.15) is 5.10 Å². The zero-order valence-electron chi connectivity index (χ0n) is 14.0. The molecular formula is C19H19FN4O. The van der Waals surface area contributed by atoms with Crippen molar-refractivity contribution in [1.29, 1.82) is 0 Å². The number of aryl methyl sites for hydroxylation is 1. The number of hydrogen-bond donors (Lipinski definition) is 1. The normalized spacial score (nSPS) is 17.4. The second kappa shape index (κ2) is 6.27. The van der Waals surface area contributed by atoms with Gasteiger partial charge in [0.05, 0.1) is 5.56 Å². The number of likely N-dealkylation sites (tertiary alicyclic amines) is 1. The largest absolute Gasteiger partial charge is 0.335 e. The molecule has 1 aromatic carbocycles. The number of pyridine rings is 1. The summed E-state index contributed by atoms with van der Waals surface area (Å²) in [6, 6.07) is 8.55. The van der Waals surface area contributed by atoms with Gasteiger partial charge in [-0.05, 0) is 49.9 Å². The third kappa shape index (κ3) is 2.99. The molecule has 128 valence electrons. The van der Waals surface area contributed by atoms with E-state index in [9.17, 15) is 9.18 Å². The molecule has 0 saturated carbocycles. The smallest absolute Gasteiger partial charge is 0.255 e. The number of H-pyrrole nitrogens is 1. The first-order valence-corrected chi connectivity index (χ1v) is 8.48. The van der Waals surface area contributed by atoms with Gasteiger partial charge in [0.2, 0.25) is 0 Å². The number of nitrogens with one attached hydrogen (secondary N) is 1. The predicted molar refractivity (Wildman–Crippen MR) is 92.8 cm³/mol. The minimum Gasteiger partial charge on any atom is -0.335 e. The molecule has 3 aromatic rings. The maximum Gasteiger partial charge on any atom is 0.255 e. The first-order chi connectivity index (χ1) is 12.1. The number of amides is 1. The minimum atomic E-state index is -0.238. The Bertz CT molecular complexity index is 936. The van der Waals surface area contributed by atoms with Crippen LogP contribution < -0.4 is 0 Å². The third-order valence-corrected chi connectivity index (χ3v) is 4.85. The summed E-state index contributed by atoms with van der Waals surface area (Å²) in [7, 11) is 0. The van der Waals surface area contributed by atoms with Crippen LogP contribution >= 0.6 is 0 Å². The summed E-state index contributed by atoms with van der Waals surface area (Å²) in [6.45, 7) is 2.63. The summed E-state index contributed by atoms with van der Waals surface area (Å²) < 4.78 is 13.4. The van der Waals surface area contributed by atoms with E-state index in [2.05, 4.69) is 15.2 Å². The van der Waals surface area contributed by atoms with E-state index >= 15 is 0 Å². The van der Waals surface area contributed by atoms with Crippen LogP contribution in [0, 0.1) is 12.7 Å². The van der Waals surface area contributed by atoms with Crippen LogP contribution in [-0.2, 0) is 6.42 Å². The van der Waals surface area contributed by atoms with Crippen molar-refractivity contribution in [2.75, 3.05) is 6.54 Å². The number of aromatic nitrogens is 3. The average Bonchev–Trinajstić information content (AvgIpc) is 3.21. The van der Waals surface area contributed by atoms with Crippen molar-refractivity contribution in [3.63, 3.8) is 0 Å². The van der Waals surface area contributed by atoms with Crippen LogP contribution in [0.4, 0.5) is 4.39 Å². The van der Waals surface area contributed by atoms with Gasteiger partial charge in [-0.25, -0.2) is 9.37 Å². The summed E-state index contributed by atoms with van der Waals surface area (Å²) in [5, 5.41) is 7.85. The fourth-order valence-corrected chi connectivity index (χ4v) is 3.55. The minimum absolute atomic E-state index is 0.0195. The lowest BCUT2D eigenvalue weighted by Gasteiger charge is -2.25. The Morgan fingerprint density at radius 3 is 3.12 bits per heavy atom. The molecule has 1 N–H and O–H groups in total. The highest BCUT2D eigenvalue weighted by molar-refractivity contribution is 5.97. The van der Waals surface area contributed by atoms with Gasteiger partial charge in [0, 0.05) is 29.9 Å². The number of aromatic amines is 1. The van der Waals surface area contributed by atoms with Gasteiger partial charge in [-0.3, -0.25) is 9.89 Å². The Labute approximate surface area is 144 Å². The lowest BCUT2D eigenvalue weighted by molar-refractivity contribution is 0.0736. The van der Waals surface area contributed by atoms with E-state index in [1.807, 2.05) is 24.0 Å². The number of nitrogens with zero attached hydrogens (tertiary/aromatic N) is 3. The summed E-state index contributed by atoms with van der Waals surface area (Å²) in [5.41, 5.74) is 3.01.